The lowest BCUT2D eigenvalue weighted by Crippen LogP contribution is -2.03. The third kappa shape index (κ3) is 8.64. The lowest BCUT2D eigenvalue weighted by molar-refractivity contribution is 0.978. The highest BCUT2D eigenvalue weighted by Crippen LogP contribution is 2.35. The van der Waals surface area contributed by atoms with Gasteiger partial charge in [-0.05, 0) is 93.3 Å². The lowest BCUT2D eigenvalue weighted by Gasteiger charge is -2.12. The van der Waals surface area contributed by atoms with Crippen molar-refractivity contribution in [3.8, 4) is 101 Å². The molecular formula is C60H42N6. The minimum Gasteiger partial charge on any atom is -0.209 e. The molecule has 1 aliphatic carbocycles. The zero-order chi connectivity index (χ0) is 44.1. The quantitative estimate of drug-likeness (QED) is 0.136. The maximum atomic E-state index is 5.03. The average molecular weight is 847 g/mol. The van der Waals surface area contributed by atoms with Crippen LogP contribution in [0.4, 0.5) is 0 Å². The van der Waals surface area contributed by atoms with Crippen LogP contribution in [0, 0.1) is 0 Å². The van der Waals surface area contributed by atoms with E-state index in [9.17, 15) is 0 Å². The first kappa shape index (κ1) is 40.1. The Morgan fingerprint density at radius 1 is 0.242 bits per heavy atom. The second-order valence-corrected chi connectivity index (χ2v) is 16.3. The van der Waals surface area contributed by atoms with Gasteiger partial charge in [-0.3, -0.25) is 0 Å². The van der Waals surface area contributed by atoms with Crippen molar-refractivity contribution in [2.24, 2.45) is 0 Å². The van der Waals surface area contributed by atoms with Crippen LogP contribution in [0.5, 0.6) is 0 Å². The molecule has 312 valence electrons. The van der Waals surface area contributed by atoms with E-state index in [0.29, 0.717) is 29.1 Å². The molecule has 8 aromatic carbocycles. The standard InChI is InChI=1S/C60H42N6/c1-5-18-41(19-6-1)55-61-56(42-20-7-2-8-21-42)64-59(63-55)53-34-16-32-51(39-53)49-30-14-28-47(37-49)45-26-13-27-46(36-45)48-29-15-31-50(38-48)52-33-17-35-54(40-52)60-65-57(43-22-9-3-10-23-43)62-58(66-60)44-24-11-4-12-25-44/h1-11,13-24,26-40H,12,25H2. The van der Waals surface area contributed by atoms with Crippen molar-refractivity contribution in [3.63, 3.8) is 0 Å². The van der Waals surface area contributed by atoms with Crippen molar-refractivity contribution in [3.05, 3.63) is 236 Å². The van der Waals surface area contributed by atoms with E-state index in [2.05, 4.69) is 140 Å². The van der Waals surface area contributed by atoms with Crippen molar-refractivity contribution < 1.29 is 0 Å². The van der Waals surface area contributed by atoms with Crippen molar-refractivity contribution in [2.75, 3.05) is 0 Å². The molecule has 0 saturated carbocycles. The average Bonchev–Trinajstić information content (AvgIpc) is 3.42. The van der Waals surface area contributed by atoms with Crippen LogP contribution in [-0.4, -0.2) is 29.9 Å². The lowest BCUT2D eigenvalue weighted by atomic mass is 9.94. The Hall–Kier alpha value is -8.74. The van der Waals surface area contributed by atoms with Crippen molar-refractivity contribution in [1.82, 2.24) is 29.9 Å². The van der Waals surface area contributed by atoms with Gasteiger partial charge in [-0.2, -0.15) is 0 Å². The van der Waals surface area contributed by atoms with Gasteiger partial charge in [0.2, 0.25) is 0 Å². The minimum atomic E-state index is 0.629. The Balaban J connectivity index is 0.888. The number of rotatable bonds is 10. The largest absolute Gasteiger partial charge is 0.209 e. The molecule has 0 N–H and O–H groups in total. The van der Waals surface area contributed by atoms with Gasteiger partial charge >= 0.3 is 0 Å². The molecule has 0 spiro atoms. The predicted octanol–water partition coefficient (Wildman–Crippen LogP) is 14.8. The van der Waals surface area contributed by atoms with Gasteiger partial charge in [-0.25, -0.2) is 29.9 Å². The van der Waals surface area contributed by atoms with E-state index in [1.54, 1.807) is 0 Å². The number of hydrogen-bond donors (Lipinski definition) is 0. The van der Waals surface area contributed by atoms with Gasteiger partial charge in [0.05, 0.1) is 0 Å². The molecule has 0 atom stereocenters. The van der Waals surface area contributed by atoms with Crippen molar-refractivity contribution in [2.45, 2.75) is 12.8 Å². The number of hydrogen-bond acceptors (Lipinski definition) is 6. The maximum Gasteiger partial charge on any atom is 0.164 e. The van der Waals surface area contributed by atoms with Crippen LogP contribution < -0.4 is 0 Å². The highest BCUT2D eigenvalue weighted by Gasteiger charge is 2.16. The summed E-state index contributed by atoms with van der Waals surface area (Å²) in [6.45, 7) is 0. The molecule has 2 heterocycles. The summed E-state index contributed by atoms with van der Waals surface area (Å²) in [7, 11) is 0. The van der Waals surface area contributed by atoms with Gasteiger partial charge in [-0.15, -0.1) is 0 Å². The molecule has 6 nitrogen and oxygen atoms in total. The Labute approximate surface area is 384 Å². The topological polar surface area (TPSA) is 77.3 Å². The molecule has 2 aromatic heterocycles. The molecular weight excluding hydrogens is 805 g/mol. The second-order valence-electron chi connectivity index (χ2n) is 16.3. The maximum absolute atomic E-state index is 5.03. The number of allylic oxidation sites excluding steroid dienone is 4. The van der Waals surface area contributed by atoms with Crippen LogP contribution in [-0.2, 0) is 0 Å². The van der Waals surface area contributed by atoms with Gasteiger partial charge in [0.15, 0.2) is 34.9 Å². The summed E-state index contributed by atoms with van der Waals surface area (Å²) in [5.74, 6) is 3.97. The van der Waals surface area contributed by atoms with Crippen LogP contribution in [0.15, 0.2) is 231 Å². The van der Waals surface area contributed by atoms with Gasteiger partial charge in [0.1, 0.15) is 0 Å². The molecule has 0 aliphatic heterocycles. The van der Waals surface area contributed by atoms with Gasteiger partial charge in [0, 0.05) is 27.8 Å². The van der Waals surface area contributed by atoms with E-state index in [4.69, 9.17) is 29.9 Å². The van der Waals surface area contributed by atoms with E-state index >= 15 is 0 Å². The summed E-state index contributed by atoms with van der Waals surface area (Å²) in [5.41, 5.74) is 14.8. The molecule has 0 fully saturated rings. The molecule has 6 heteroatoms. The van der Waals surface area contributed by atoms with E-state index in [1.807, 2.05) is 91.0 Å². The Morgan fingerprint density at radius 3 is 0.803 bits per heavy atom. The minimum absolute atomic E-state index is 0.629. The third-order valence-corrected chi connectivity index (χ3v) is 11.8. The van der Waals surface area contributed by atoms with Crippen LogP contribution in [0.2, 0.25) is 0 Å². The van der Waals surface area contributed by atoms with Crippen LogP contribution in [0.3, 0.4) is 0 Å². The summed E-state index contributed by atoms with van der Waals surface area (Å²) < 4.78 is 0. The highest BCUT2D eigenvalue weighted by atomic mass is 15.0. The van der Waals surface area contributed by atoms with Crippen LogP contribution >= 0.6 is 0 Å². The molecule has 1 aliphatic rings. The first-order valence-corrected chi connectivity index (χ1v) is 22.2. The van der Waals surface area contributed by atoms with E-state index < -0.39 is 0 Å². The Kier molecular flexibility index (Phi) is 11.0. The zero-order valence-electron chi connectivity index (χ0n) is 36.0. The molecule has 0 amide bonds. The fraction of sp³-hybridized carbons (Fsp3) is 0.0333. The Bertz CT molecular complexity index is 3360. The third-order valence-electron chi connectivity index (χ3n) is 11.8. The fourth-order valence-corrected chi connectivity index (χ4v) is 8.40. The molecule has 10 aromatic rings. The first-order valence-electron chi connectivity index (χ1n) is 22.2. The molecule has 11 rings (SSSR count). The SMILES string of the molecule is C1=CCCC(c2nc(-c3ccccc3)nc(-c3cccc(-c4cccc(-c5cccc(-c6cccc(-c7cccc(-c8nc(-c9ccccc9)nc(-c9ccccc9)n8)c7)c6)c5)c4)c3)n2)=C1. The smallest absolute Gasteiger partial charge is 0.164 e. The second kappa shape index (κ2) is 18.2. The summed E-state index contributed by atoms with van der Waals surface area (Å²) in [6, 6.07) is 73.5. The normalized spacial score (nSPS) is 12.2. The van der Waals surface area contributed by atoms with Gasteiger partial charge < -0.3 is 0 Å². The monoisotopic (exact) mass is 846 g/mol. The Morgan fingerprint density at radius 2 is 0.500 bits per heavy atom. The number of aromatic nitrogens is 6. The molecule has 0 saturated heterocycles. The zero-order valence-corrected chi connectivity index (χ0v) is 36.0. The molecule has 0 radical (unpaired) electrons. The first-order chi connectivity index (χ1) is 32.7. The summed E-state index contributed by atoms with van der Waals surface area (Å²) in [4.78, 5) is 29.8. The van der Waals surface area contributed by atoms with E-state index in [0.717, 1.165) is 96.6 Å². The summed E-state index contributed by atoms with van der Waals surface area (Å²) >= 11 is 0. The number of benzene rings is 8. The van der Waals surface area contributed by atoms with E-state index in [1.165, 1.54) is 0 Å². The predicted molar refractivity (Wildman–Crippen MR) is 268 cm³/mol. The molecule has 66 heavy (non-hydrogen) atoms. The summed E-state index contributed by atoms with van der Waals surface area (Å²) in [6.07, 6.45) is 8.26. The van der Waals surface area contributed by atoms with Crippen molar-refractivity contribution in [1.29, 1.82) is 0 Å². The van der Waals surface area contributed by atoms with Gasteiger partial charge in [-0.1, -0.05) is 200 Å². The van der Waals surface area contributed by atoms with Crippen molar-refractivity contribution >= 4 is 5.57 Å². The highest BCUT2D eigenvalue weighted by molar-refractivity contribution is 5.81. The molecule has 0 unspecified atom stereocenters. The van der Waals surface area contributed by atoms with Crippen LogP contribution in [0.25, 0.3) is 107 Å². The van der Waals surface area contributed by atoms with Gasteiger partial charge in [0.25, 0.3) is 0 Å². The summed E-state index contributed by atoms with van der Waals surface area (Å²) in [5, 5.41) is 0. The number of nitrogens with zero attached hydrogens (tertiary/aromatic N) is 6. The van der Waals surface area contributed by atoms with Crippen LogP contribution in [0.1, 0.15) is 18.7 Å². The fourth-order valence-electron chi connectivity index (χ4n) is 8.40. The molecule has 0 bridgehead atoms. The van der Waals surface area contributed by atoms with E-state index in [-0.39, 0.29) is 0 Å².